The van der Waals surface area contributed by atoms with Crippen molar-refractivity contribution in [3.8, 4) is 0 Å². The lowest BCUT2D eigenvalue weighted by Gasteiger charge is -2.08. The molecule has 0 spiro atoms. The van der Waals surface area contributed by atoms with E-state index in [2.05, 4.69) is 19.2 Å². The van der Waals surface area contributed by atoms with Crippen LogP contribution in [0.1, 0.15) is 46.4 Å². The molecule has 0 aliphatic heterocycles. The Morgan fingerprint density at radius 3 is 2.45 bits per heavy atom. The molecule has 1 aromatic heterocycles. The topological polar surface area (TPSA) is 79.5 Å². The predicted octanol–water partition coefficient (Wildman–Crippen LogP) is 3.35. The normalized spacial score (nSPS) is 10.6. The summed E-state index contributed by atoms with van der Waals surface area (Å²) in [4.78, 5) is 22.6. The molecule has 2 aromatic rings. The van der Waals surface area contributed by atoms with Crippen molar-refractivity contribution in [2.75, 3.05) is 5.32 Å². The van der Waals surface area contributed by atoms with Crippen LogP contribution >= 0.6 is 0 Å². The van der Waals surface area contributed by atoms with Crippen molar-refractivity contribution in [1.29, 1.82) is 0 Å². The van der Waals surface area contributed by atoms with Crippen LogP contribution in [0.2, 0.25) is 0 Å². The molecule has 0 saturated carbocycles. The molecule has 2 N–H and O–H groups in total. The van der Waals surface area contributed by atoms with Crippen molar-refractivity contribution >= 4 is 17.6 Å². The number of nitrogens with one attached hydrogen (secondary N) is 1. The highest BCUT2D eigenvalue weighted by molar-refractivity contribution is 6.02. The number of carboxylic acids is 1. The standard InChI is InChI=1S/C15H15NO4/c1-9(2)10-4-3-5-11(8-10)16-14(17)12-6-7-13(20-12)15(18)19/h3-9H,1-2H3,(H,16,17)(H,18,19). The fourth-order valence-corrected chi connectivity index (χ4v) is 1.74. The van der Waals surface area contributed by atoms with Gasteiger partial charge in [0.25, 0.3) is 5.91 Å². The van der Waals surface area contributed by atoms with Gasteiger partial charge in [-0.05, 0) is 35.7 Å². The average Bonchev–Trinajstić information content (AvgIpc) is 2.88. The molecule has 1 amide bonds. The number of rotatable bonds is 4. The summed E-state index contributed by atoms with van der Waals surface area (Å²) in [5.41, 5.74) is 1.75. The van der Waals surface area contributed by atoms with Crippen molar-refractivity contribution in [1.82, 2.24) is 0 Å². The SMILES string of the molecule is CC(C)c1cccc(NC(=O)c2ccc(C(=O)O)o2)c1. The summed E-state index contributed by atoms with van der Waals surface area (Å²) in [6, 6.07) is 10.1. The van der Waals surface area contributed by atoms with Crippen LogP contribution in [0.3, 0.4) is 0 Å². The summed E-state index contributed by atoms with van der Waals surface area (Å²) in [7, 11) is 0. The van der Waals surface area contributed by atoms with Crippen molar-refractivity contribution in [3.63, 3.8) is 0 Å². The van der Waals surface area contributed by atoms with Gasteiger partial charge in [0.2, 0.25) is 5.76 Å². The molecule has 0 aliphatic rings. The molecule has 20 heavy (non-hydrogen) atoms. The number of carboxylic acid groups (broad SMARTS) is 1. The van der Waals surface area contributed by atoms with Gasteiger partial charge in [-0.2, -0.15) is 0 Å². The fourth-order valence-electron chi connectivity index (χ4n) is 1.74. The first-order chi connectivity index (χ1) is 9.47. The van der Waals surface area contributed by atoms with Crippen LogP contribution in [0, 0.1) is 0 Å². The zero-order chi connectivity index (χ0) is 14.7. The van der Waals surface area contributed by atoms with Gasteiger partial charge in [-0.1, -0.05) is 26.0 Å². The lowest BCUT2D eigenvalue weighted by atomic mass is 10.0. The lowest BCUT2D eigenvalue weighted by molar-refractivity contribution is 0.0660. The molecule has 1 aromatic carbocycles. The van der Waals surface area contributed by atoms with Gasteiger partial charge in [-0.25, -0.2) is 4.79 Å². The number of carbonyl (C=O) groups is 2. The number of aromatic carboxylic acids is 1. The summed E-state index contributed by atoms with van der Waals surface area (Å²) in [6.45, 7) is 4.12. The van der Waals surface area contributed by atoms with Crippen LogP contribution in [-0.4, -0.2) is 17.0 Å². The maximum atomic E-state index is 11.9. The van der Waals surface area contributed by atoms with Crippen LogP contribution in [0.15, 0.2) is 40.8 Å². The zero-order valence-corrected chi connectivity index (χ0v) is 11.2. The quantitative estimate of drug-likeness (QED) is 0.895. The average molecular weight is 273 g/mol. The number of benzene rings is 1. The maximum Gasteiger partial charge on any atom is 0.371 e. The van der Waals surface area contributed by atoms with E-state index < -0.39 is 11.9 Å². The predicted molar refractivity (Wildman–Crippen MR) is 74.2 cm³/mol. The molecular formula is C15H15NO4. The molecule has 0 unspecified atom stereocenters. The van der Waals surface area contributed by atoms with Gasteiger partial charge in [0.15, 0.2) is 5.76 Å². The highest BCUT2D eigenvalue weighted by Crippen LogP contribution is 2.19. The molecule has 0 atom stereocenters. The number of hydrogen-bond donors (Lipinski definition) is 2. The third-order valence-corrected chi connectivity index (χ3v) is 2.85. The number of furan rings is 1. The number of carbonyl (C=O) groups excluding carboxylic acids is 1. The van der Waals surface area contributed by atoms with E-state index in [1.54, 1.807) is 6.07 Å². The van der Waals surface area contributed by atoms with E-state index in [-0.39, 0.29) is 11.5 Å². The maximum absolute atomic E-state index is 11.9. The van der Waals surface area contributed by atoms with E-state index in [1.165, 1.54) is 12.1 Å². The second-order valence-corrected chi connectivity index (χ2v) is 4.70. The Morgan fingerprint density at radius 1 is 1.15 bits per heavy atom. The zero-order valence-electron chi connectivity index (χ0n) is 11.2. The van der Waals surface area contributed by atoms with Crippen LogP contribution < -0.4 is 5.32 Å². The second kappa shape index (κ2) is 5.61. The summed E-state index contributed by atoms with van der Waals surface area (Å²) < 4.78 is 4.95. The lowest BCUT2D eigenvalue weighted by Crippen LogP contribution is -2.11. The highest BCUT2D eigenvalue weighted by atomic mass is 16.4. The van der Waals surface area contributed by atoms with Crippen LogP contribution in [-0.2, 0) is 0 Å². The van der Waals surface area contributed by atoms with E-state index in [4.69, 9.17) is 9.52 Å². The number of amides is 1. The van der Waals surface area contributed by atoms with Gasteiger partial charge in [0, 0.05) is 5.69 Å². The van der Waals surface area contributed by atoms with Gasteiger partial charge in [0.1, 0.15) is 0 Å². The largest absolute Gasteiger partial charge is 0.475 e. The Kier molecular flexibility index (Phi) is 3.89. The van der Waals surface area contributed by atoms with Crippen LogP contribution in [0.25, 0.3) is 0 Å². The van der Waals surface area contributed by atoms with Crippen LogP contribution in [0.5, 0.6) is 0 Å². The van der Waals surface area contributed by atoms with Crippen molar-refractivity contribution < 1.29 is 19.1 Å². The minimum absolute atomic E-state index is 0.0302. The van der Waals surface area contributed by atoms with Gasteiger partial charge >= 0.3 is 5.97 Å². The van der Waals surface area contributed by atoms with Crippen molar-refractivity contribution in [3.05, 3.63) is 53.5 Å². The van der Waals surface area contributed by atoms with E-state index in [0.717, 1.165) is 5.56 Å². The molecule has 1 heterocycles. The molecule has 0 aliphatic carbocycles. The van der Waals surface area contributed by atoms with Crippen LogP contribution in [0.4, 0.5) is 5.69 Å². The molecule has 5 heteroatoms. The Labute approximate surface area is 116 Å². The minimum atomic E-state index is -1.20. The Hall–Kier alpha value is -2.56. The summed E-state index contributed by atoms with van der Waals surface area (Å²) in [5, 5.41) is 11.4. The van der Waals surface area contributed by atoms with Gasteiger partial charge in [-0.3, -0.25) is 4.79 Å². The highest BCUT2D eigenvalue weighted by Gasteiger charge is 2.15. The summed E-state index contributed by atoms with van der Waals surface area (Å²) in [6.07, 6.45) is 0. The first-order valence-corrected chi connectivity index (χ1v) is 6.22. The third-order valence-electron chi connectivity index (χ3n) is 2.85. The second-order valence-electron chi connectivity index (χ2n) is 4.70. The van der Waals surface area contributed by atoms with E-state index >= 15 is 0 Å². The molecule has 5 nitrogen and oxygen atoms in total. The first kappa shape index (κ1) is 13.9. The van der Waals surface area contributed by atoms with E-state index in [9.17, 15) is 9.59 Å². The van der Waals surface area contributed by atoms with Gasteiger partial charge < -0.3 is 14.8 Å². The third kappa shape index (κ3) is 3.06. The van der Waals surface area contributed by atoms with Gasteiger partial charge in [0.05, 0.1) is 0 Å². The summed E-state index contributed by atoms with van der Waals surface area (Å²) >= 11 is 0. The molecule has 0 saturated heterocycles. The number of anilines is 1. The summed E-state index contributed by atoms with van der Waals surface area (Å²) in [5.74, 6) is -1.61. The Balaban J connectivity index is 2.14. The Morgan fingerprint density at radius 2 is 1.85 bits per heavy atom. The minimum Gasteiger partial charge on any atom is -0.475 e. The monoisotopic (exact) mass is 273 g/mol. The molecular weight excluding hydrogens is 258 g/mol. The molecule has 0 radical (unpaired) electrons. The van der Waals surface area contributed by atoms with Crippen molar-refractivity contribution in [2.24, 2.45) is 0 Å². The molecule has 2 rings (SSSR count). The smallest absolute Gasteiger partial charge is 0.371 e. The van der Waals surface area contributed by atoms with Crippen molar-refractivity contribution in [2.45, 2.75) is 19.8 Å². The molecule has 0 fully saturated rings. The Bertz CT molecular complexity index is 643. The molecule has 0 bridgehead atoms. The van der Waals surface area contributed by atoms with Gasteiger partial charge in [-0.15, -0.1) is 0 Å². The number of hydrogen-bond acceptors (Lipinski definition) is 3. The van der Waals surface area contributed by atoms with E-state index in [0.29, 0.717) is 11.6 Å². The van der Waals surface area contributed by atoms with E-state index in [1.807, 2.05) is 18.2 Å². The molecule has 104 valence electrons. The fraction of sp³-hybridized carbons (Fsp3) is 0.200. The first-order valence-electron chi connectivity index (χ1n) is 6.22.